The van der Waals surface area contributed by atoms with Crippen LogP contribution >= 0.6 is 0 Å². The van der Waals surface area contributed by atoms with Crippen molar-refractivity contribution in [2.45, 2.75) is 90.6 Å². The lowest BCUT2D eigenvalue weighted by atomic mass is 10.0. The second-order valence-electron chi connectivity index (χ2n) is 8.27. The molecular formula is C18H31N5O2. The zero-order valence-electron chi connectivity index (χ0n) is 16.1. The number of aryl methyl sites for hydroxylation is 2. The van der Waals surface area contributed by atoms with Crippen molar-refractivity contribution in [1.29, 1.82) is 0 Å². The summed E-state index contributed by atoms with van der Waals surface area (Å²) in [5, 5.41) is 8.18. The second-order valence-corrected chi connectivity index (χ2v) is 8.27. The molecule has 7 nitrogen and oxygen atoms in total. The normalized spacial score (nSPS) is 24.9. The number of hydrogen-bond acceptors (Lipinski definition) is 5. The Bertz CT molecular complexity index is 621. The van der Waals surface area contributed by atoms with Crippen LogP contribution in [-0.2, 0) is 11.3 Å². The number of hydrogen-bond donors (Lipinski definition) is 1. The molecule has 3 rings (SSSR count). The van der Waals surface area contributed by atoms with Crippen LogP contribution in [0.15, 0.2) is 0 Å². The van der Waals surface area contributed by atoms with Crippen molar-refractivity contribution in [3.63, 3.8) is 0 Å². The van der Waals surface area contributed by atoms with Gasteiger partial charge in [-0.2, -0.15) is 5.10 Å². The van der Waals surface area contributed by atoms with E-state index < -0.39 is 5.60 Å². The van der Waals surface area contributed by atoms with Crippen molar-refractivity contribution in [2.75, 3.05) is 6.54 Å². The second kappa shape index (κ2) is 6.94. The third kappa shape index (κ3) is 4.14. The maximum Gasteiger partial charge on any atom is 0.410 e. The third-order valence-electron chi connectivity index (χ3n) is 4.95. The molecule has 2 aliphatic heterocycles. The molecule has 1 N–H and O–H groups in total. The molecule has 140 valence electrons. The van der Waals surface area contributed by atoms with Gasteiger partial charge in [0.2, 0.25) is 0 Å². The number of fused-ring (bicyclic) bond motifs is 1. The smallest absolute Gasteiger partial charge is 0.410 e. The van der Waals surface area contributed by atoms with Crippen LogP contribution in [0, 0.1) is 6.92 Å². The average molecular weight is 349 g/mol. The van der Waals surface area contributed by atoms with Crippen molar-refractivity contribution in [2.24, 2.45) is 0 Å². The molecule has 3 heterocycles. The molecule has 1 aromatic rings. The Hall–Kier alpha value is -1.63. The molecule has 1 amide bonds. The summed E-state index contributed by atoms with van der Waals surface area (Å²) in [7, 11) is 0. The largest absolute Gasteiger partial charge is 0.444 e. The van der Waals surface area contributed by atoms with Crippen LogP contribution in [-0.4, -0.2) is 50.0 Å². The van der Waals surface area contributed by atoms with Gasteiger partial charge in [-0.25, -0.2) is 14.5 Å². The summed E-state index contributed by atoms with van der Waals surface area (Å²) in [5.74, 6) is 1.85. The number of nitrogens with zero attached hydrogens (tertiary/aromatic N) is 4. The van der Waals surface area contributed by atoms with Gasteiger partial charge in [0.15, 0.2) is 0 Å². The zero-order valence-corrected chi connectivity index (χ0v) is 16.1. The maximum absolute atomic E-state index is 12.5. The molecule has 0 saturated carbocycles. The first-order chi connectivity index (χ1) is 11.7. The van der Waals surface area contributed by atoms with Crippen LogP contribution in [0.5, 0.6) is 0 Å². The van der Waals surface area contributed by atoms with Gasteiger partial charge in [0.05, 0.1) is 12.1 Å². The topological polar surface area (TPSA) is 72.3 Å². The van der Waals surface area contributed by atoms with Crippen molar-refractivity contribution < 1.29 is 9.53 Å². The van der Waals surface area contributed by atoms with Gasteiger partial charge in [0, 0.05) is 19.1 Å². The van der Waals surface area contributed by atoms with Crippen LogP contribution in [0.3, 0.4) is 0 Å². The molecule has 1 fully saturated rings. The molecule has 25 heavy (non-hydrogen) atoms. The minimum atomic E-state index is -0.460. The Morgan fingerprint density at radius 2 is 2.00 bits per heavy atom. The molecule has 1 aromatic heterocycles. The van der Waals surface area contributed by atoms with Gasteiger partial charge < -0.3 is 15.0 Å². The zero-order chi connectivity index (χ0) is 18.2. The molecular weight excluding hydrogens is 318 g/mol. The highest BCUT2D eigenvalue weighted by Gasteiger charge is 2.37. The lowest BCUT2D eigenvalue weighted by molar-refractivity contribution is 0.0195. The highest BCUT2D eigenvalue weighted by molar-refractivity contribution is 5.69. The number of carbonyl (C=O) groups excluding carboxylic acids is 1. The van der Waals surface area contributed by atoms with E-state index in [1.807, 2.05) is 37.3 Å². The molecule has 3 atom stereocenters. The van der Waals surface area contributed by atoms with Crippen LogP contribution in [0.2, 0.25) is 0 Å². The highest BCUT2D eigenvalue weighted by atomic mass is 16.6. The molecule has 7 heteroatoms. The van der Waals surface area contributed by atoms with Crippen molar-refractivity contribution in [3.8, 4) is 0 Å². The molecule has 2 aliphatic rings. The Kier molecular flexibility index (Phi) is 5.04. The first-order valence-electron chi connectivity index (χ1n) is 9.41. The highest BCUT2D eigenvalue weighted by Crippen LogP contribution is 2.27. The number of nitrogens with one attached hydrogen (secondary N) is 1. The molecule has 0 spiro atoms. The first-order valence-corrected chi connectivity index (χ1v) is 9.41. The summed E-state index contributed by atoms with van der Waals surface area (Å²) >= 11 is 0. The molecule has 1 saturated heterocycles. The minimum absolute atomic E-state index is 0.161. The summed E-state index contributed by atoms with van der Waals surface area (Å²) in [6.07, 6.45) is 3.98. The monoisotopic (exact) mass is 349 g/mol. The maximum atomic E-state index is 12.5. The number of carbonyl (C=O) groups is 1. The fourth-order valence-electron chi connectivity index (χ4n) is 3.91. The number of aromatic nitrogens is 3. The van der Waals surface area contributed by atoms with Gasteiger partial charge >= 0.3 is 6.09 Å². The average Bonchev–Trinajstić information content (AvgIpc) is 3.11. The number of amides is 1. The van der Waals surface area contributed by atoms with E-state index in [-0.39, 0.29) is 24.2 Å². The number of ether oxygens (including phenoxy) is 1. The quantitative estimate of drug-likeness (QED) is 0.908. The predicted molar refractivity (Wildman–Crippen MR) is 95.3 cm³/mol. The van der Waals surface area contributed by atoms with Gasteiger partial charge in [-0.05, 0) is 60.3 Å². The Balaban J connectivity index is 1.66. The predicted octanol–water partition coefficient (Wildman–Crippen LogP) is 2.80. The van der Waals surface area contributed by atoms with Gasteiger partial charge in [-0.15, -0.1) is 0 Å². The Labute approximate surface area is 150 Å². The van der Waals surface area contributed by atoms with E-state index in [1.54, 1.807) is 0 Å². The van der Waals surface area contributed by atoms with E-state index in [1.165, 1.54) is 0 Å². The fourth-order valence-corrected chi connectivity index (χ4v) is 3.91. The summed E-state index contributed by atoms with van der Waals surface area (Å²) in [6.45, 7) is 11.5. The summed E-state index contributed by atoms with van der Waals surface area (Å²) in [5.41, 5.74) is -0.460. The number of rotatable bonds is 3. The van der Waals surface area contributed by atoms with E-state index in [9.17, 15) is 4.79 Å². The summed E-state index contributed by atoms with van der Waals surface area (Å²) in [6, 6.07) is 0.545. The van der Waals surface area contributed by atoms with Crippen LogP contribution < -0.4 is 5.32 Å². The Morgan fingerprint density at radius 1 is 1.28 bits per heavy atom. The Morgan fingerprint density at radius 3 is 2.72 bits per heavy atom. The van der Waals surface area contributed by atoms with E-state index >= 15 is 0 Å². The molecule has 0 aromatic carbocycles. The van der Waals surface area contributed by atoms with Crippen LogP contribution in [0.25, 0.3) is 0 Å². The molecule has 0 radical (unpaired) electrons. The molecule has 0 bridgehead atoms. The SMILES string of the molecule is Cc1nc2n(n1)CCC[C@@H]2N[C@@H](C)[C@H]1CCCN1C(=O)OC(C)(C)C. The van der Waals surface area contributed by atoms with E-state index in [0.717, 1.165) is 50.4 Å². The fraction of sp³-hybridized carbons (Fsp3) is 0.833. The van der Waals surface area contributed by atoms with E-state index in [4.69, 9.17) is 4.74 Å². The third-order valence-corrected chi connectivity index (χ3v) is 4.95. The van der Waals surface area contributed by atoms with Gasteiger partial charge in [-0.1, -0.05) is 0 Å². The molecule has 0 unspecified atom stereocenters. The van der Waals surface area contributed by atoms with Gasteiger partial charge in [0.25, 0.3) is 0 Å². The first kappa shape index (κ1) is 18.2. The van der Waals surface area contributed by atoms with Crippen molar-refractivity contribution >= 4 is 6.09 Å². The van der Waals surface area contributed by atoms with Crippen molar-refractivity contribution in [3.05, 3.63) is 11.6 Å². The number of likely N-dealkylation sites (tertiary alicyclic amines) is 1. The standard InChI is InChI=1S/C18H31N5O2/c1-12(15-9-7-10-22(15)17(24)25-18(3,4)5)19-14-8-6-11-23-16(14)20-13(2)21-23/h12,14-15,19H,6-11H2,1-5H3/t12-,14-,15+/m0/s1. The van der Waals surface area contributed by atoms with Crippen LogP contribution in [0.4, 0.5) is 4.79 Å². The van der Waals surface area contributed by atoms with Gasteiger partial charge in [-0.3, -0.25) is 0 Å². The summed E-state index contributed by atoms with van der Waals surface area (Å²) < 4.78 is 7.60. The summed E-state index contributed by atoms with van der Waals surface area (Å²) in [4.78, 5) is 19.0. The van der Waals surface area contributed by atoms with E-state index in [2.05, 4.69) is 22.3 Å². The lowest BCUT2D eigenvalue weighted by Gasteiger charge is -2.34. The molecule has 0 aliphatic carbocycles. The minimum Gasteiger partial charge on any atom is -0.444 e. The lowest BCUT2D eigenvalue weighted by Crippen LogP contribution is -2.50. The van der Waals surface area contributed by atoms with Crippen LogP contribution in [0.1, 0.15) is 71.1 Å². The van der Waals surface area contributed by atoms with E-state index in [0.29, 0.717) is 0 Å². The van der Waals surface area contributed by atoms with Crippen molar-refractivity contribution in [1.82, 2.24) is 25.0 Å². The van der Waals surface area contributed by atoms with Gasteiger partial charge in [0.1, 0.15) is 17.2 Å².